The Morgan fingerprint density at radius 3 is 2.44 bits per heavy atom. The standard InChI is InChI=1S/C10H17N5O/c1-6-8(14-10(5-16)3-4-10)12-7(2)13-9(6)15-11/h16H,3-5,11H2,1-2H3,(H2,12,13,14,15). The summed E-state index contributed by atoms with van der Waals surface area (Å²) in [4.78, 5) is 8.50. The molecule has 2 rings (SSSR count). The van der Waals surface area contributed by atoms with Crippen molar-refractivity contribution in [1.29, 1.82) is 0 Å². The first-order valence-electron chi connectivity index (χ1n) is 5.31. The first kappa shape index (κ1) is 11.1. The molecule has 1 aliphatic rings. The number of nitrogens with zero attached hydrogens (tertiary/aromatic N) is 2. The first-order valence-corrected chi connectivity index (χ1v) is 5.31. The van der Waals surface area contributed by atoms with E-state index in [1.807, 2.05) is 13.8 Å². The van der Waals surface area contributed by atoms with Gasteiger partial charge in [0.1, 0.15) is 17.5 Å². The summed E-state index contributed by atoms with van der Waals surface area (Å²) < 4.78 is 0. The lowest BCUT2D eigenvalue weighted by atomic mass is 10.2. The maximum Gasteiger partial charge on any atom is 0.148 e. The summed E-state index contributed by atoms with van der Waals surface area (Å²) in [5, 5.41) is 12.5. The lowest BCUT2D eigenvalue weighted by molar-refractivity contribution is 0.266. The van der Waals surface area contributed by atoms with Crippen LogP contribution >= 0.6 is 0 Å². The van der Waals surface area contributed by atoms with Gasteiger partial charge in [-0.3, -0.25) is 0 Å². The fraction of sp³-hybridized carbons (Fsp3) is 0.600. The van der Waals surface area contributed by atoms with Crippen LogP contribution in [0.2, 0.25) is 0 Å². The lowest BCUT2D eigenvalue weighted by Crippen LogP contribution is -2.27. The Morgan fingerprint density at radius 2 is 1.94 bits per heavy atom. The van der Waals surface area contributed by atoms with E-state index >= 15 is 0 Å². The van der Waals surface area contributed by atoms with Crippen LogP contribution in [0.1, 0.15) is 24.2 Å². The summed E-state index contributed by atoms with van der Waals surface area (Å²) in [5.74, 6) is 7.39. The van der Waals surface area contributed by atoms with Gasteiger partial charge in [-0.25, -0.2) is 15.8 Å². The second-order valence-electron chi connectivity index (χ2n) is 4.30. The molecule has 0 spiro atoms. The highest BCUT2D eigenvalue weighted by Crippen LogP contribution is 2.39. The molecule has 1 heterocycles. The molecule has 0 bridgehead atoms. The van der Waals surface area contributed by atoms with E-state index in [9.17, 15) is 5.11 Å². The van der Waals surface area contributed by atoms with Gasteiger partial charge in [0, 0.05) is 5.56 Å². The van der Waals surface area contributed by atoms with E-state index in [4.69, 9.17) is 5.84 Å². The summed E-state index contributed by atoms with van der Waals surface area (Å²) in [6.07, 6.45) is 1.94. The largest absolute Gasteiger partial charge is 0.394 e. The molecule has 0 amide bonds. The van der Waals surface area contributed by atoms with Gasteiger partial charge < -0.3 is 15.8 Å². The Hall–Kier alpha value is -1.40. The van der Waals surface area contributed by atoms with Crippen molar-refractivity contribution < 1.29 is 5.11 Å². The third-order valence-corrected chi connectivity index (χ3v) is 2.93. The molecule has 1 saturated carbocycles. The Morgan fingerprint density at radius 1 is 1.31 bits per heavy atom. The van der Waals surface area contributed by atoms with Crippen molar-refractivity contribution in [2.75, 3.05) is 17.3 Å². The van der Waals surface area contributed by atoms with E-state index in [1.165, 1.54) is 0 Å². The van der Waals surface area contributed by atoms with Gasteiger partial charge in [-0.2, -0.15) is 0 Å². The highest BCUT2D eigenvalue weighted by molar-refractivity contribution is 5.58. The van der Waals surface area contributed by atoms with Crippen molar-refractivity contribution in [2.45, 2.75) is 32.2 Å². The Bertz CT molecular complexity index is 402. The zero-order valence-electron chi connectivity index (χ0n) is 9.54. The molecule has 1 fully saturated rings. The molecule has 0 saturated heterocycles. The fourth-order valence-corrected chi connectivity index (χ4v) is 1.62. The molecule has 0 aliphatic heterocycles. The number of aliphatic hydroxyl groups is 1. The Balaban J connectivity index is 2.29. The molecule has 1 aromatic rings. The minimum Gasteiger partial charge on any atom is -0.394 e. The van der Waals surface area contributed by atoms with Crippen molar-refractivity contribution in [3.63, 3.8) is 0 Å². The molecule has 16 heavy (non-hydrogen) atoms. The highest BCUT2D eigenvalue weighted by Gasteiger charge is 2.42. The quantitative estimate of drug-likeness (QED) is 0.433. The Labute approximate surface area is 94.3 Å². The highest BCUT2D eigenvalue weighted by atomic mass is 16.3. The number of aliphatic hydroxyl groups excluding tert-OH is 1. The van der Waals surface area contributed by atoms with Crippen molar-refractivity contribution in [3.8, 4) is 0 Å². The topological polar surface area (TPSA) is 96.1 Å². The Kier molecular flexibility index (Phi) is 2.69. The van der Waals surface area contributed by atoms with Gasteiger partial charge in [0.05, 0.1) is 12.1 Å². The second kappa shape index (κ2) is 3.88. The second-order valence-corrected chi connectivity index (χ2v) is 4.30. The maximum absolute atomic E-state index is 9.26. The van der Waals surface area contributed by atoms with Crippen LogP contribution in [0.25, 0.3) is 0 Å². The number of aromatic nitrogens is 2. The SMILES string of the molecule is Cc1nc(NN)c(C)c(NC2(CO)CC2)n1. The third kappa shape index (κ3) is 1.94. The predicted molar refractivity (Wildman–Crippen MR) is 62.0 cm³/mol. The third-order valence-electron chi connectivity index (χ3n) is 2.93. The molecule has 0 atom stereocenters. The van der Waals surface area contributed by atoms with Crippen LogP contribution in [-0.4, -0.2) is 27.2 Å². The number of nitrogens with two attached hydrogens (primary N) is 1. The van der Waals surface area contributed by atoms with Crippen LogP contribution in [-0.2, 0) is 0 Å². The predicted octanol–water partition coefficient (Wildman–Crippen LogP) is 0.316. The summed E-state index contributed by atoms with van der Waals surface area (Å²) in [5.41, 5.74) is 3.23. The molecule has 5 N–H and O–H groups in total. The van der Waals surface area contributed by atoms with Gasteiger partial charge in [-0.05, 0) is 26.7 Å². The normalized spacial score (nSPS) is 17.0. The summed E-state index contributed by atoms with van der Waals surface area (Å²) in [6, 6.07) is 0. The number of anilines is 2. The van der Waals surface area contributed by atoms with Crippen LogP contribution in [0.15, 0.2) is 0 Å². The first-order chi connectivity index (χ1) is 7.60. The van der Waals surface area contributed by atoms with Gasteiger partial charge in [-0.15, -0.1) is 0 Å². The van der Waals surface area contributed by atoms with Gasteiger partial charge in [0.2, 0.25) is 0 Å². The van der Waals surface area contributed by atoms with Gasteiger partial charge in [0.25, 0.3) is 0 Å². The molecule has 6 heteroatoms. The zero-order valence-corrected chi connectivity index (χ0v) is 9.54. The van der Waals surface area contributed by atoms with E-state index < -0.39 is 0 Å². The van der Waals surface area contributed by atoms with Gasteiger partial charge in [0.15, 0.2) is 0 Å². The van der Waals surface area contributed by atoms with E-state index in [2.05, 4.69) is 20.7 Å². The minimum atomic E-state index is -0.183. The summed E-state index contributed by atoms with van der Waals surface area (Å²) in [7, 11) is 0. The van der Waals surface area contributed by atoms with Crippen LogP contribution in [0.3, 0.4) is 0 Å². The number of hydrazine groups is 1. The minimum absolute atomic E-state index is 0.126. The van der Waals surface area contributed by atoms with E-state index in [0.29, 0.717) is 11.6 Å². The molecule has 0 unspecified atom stereocenters. The monoisotopic (exact) mass is 223 g/mol. The molecule has 0 radical (unpaired) electrons. The smallest absolute Gasteiger partial charge is 0.148 e. The van der Waals surface area contributed by atoms with Crippen LogP contribution in [0, 0.1) is 13.8 Å². The number of hydrogen-bond donors (Lipinski definition) is 4. The molecule has 0 aromatic carbocycles. The number of nitrogen functional groups attached to an aromatic ring is 1. The average Bonchev–Trinajstić information content (AvgIpc) is 3.03. The number of aryl methyl sites for hydroxylation is 1. The van der Waals surface area contributed by atoms with Crippen LogP contribution < -0.4 is 16.6 Å². The average molecular weight is 223 g/mol. The van der Waals surface area contributed by atoms with Gasteiger partial charge in [-0.1, -0.05) is 0 Å². The van der Waals surface area contributed by atoms with Crippen LogP contribution in [0.5, 0.6) is 0 Å². The zero-order chi connectivity index (χ0) is 11.8. The van der Waals surface area contributed by atoms with E-state index in [0.717, 1.165) is 24.2 Å². The molecular weight excluding hydrogens is 206 g/mol. The van der Waals surface area contributed by atoms with Crippen LogP contribution in [0.4, 0.5) is 11.6 Å². The van der Waals surface area contributed by atoms with Crippen molar-refractivity contribution in [1.82, 2.24) is 9.97 Å². The van der Waals surface area contributed by atoms with E-state index in [1.54, 1.807) is 0 Å². The fourth-order valence-electron chi connectivity index (χ4n) is 1.62. The molecule has 6 nitrogen and oxygen atoms in total. The molecule has 88 valence electrons. The molecule has 1 aromatic heterocycles. The maximum atomic E-state index is 9.26. The molecule has 1 aliphatic carbocycles. The van der Waals surface area contributed by atoms with Crippen molar-refractivity contribution in [2.24, 2.45) is 5.84 Å². The van der Waals surface area contributed by atoms with E-state index in [-0.39, 0.29) is 12.1 Å². The number of nitrogens with one attached hydrogen (secondary N) is 2. The number of hydrogen-bond acceptors (Lipinski definition) is 6. The summed E-state index contributed by atoms with van der Waals surface area (Å²) >= 11 is 0. The summed E-state index contributed by atoms with van der Waals surface area (Å²) in [6.45, 7) is 3.83. The van der Waals surface area contributed by atoms with Crippen molar-refractivity contribution >= 4 is 11.6 Å². The lowest BCUT2D eigenvalue weighted by Gasteiger charge is -2.18. The number of rotatable bonds is 4. The van der Waals surface area contributed by atoms with Crippen molar-refractivity contribution in [3.05, 3.63) is 11.4 Å². The van der Waals surface area contributed by atoms with Gasteiger partial charge >= 0.3 is 0 Å². The molecular formula is C10H17N5O.